The van der Waals surface area contributed by atoms with Crippen LogP contribution in [0.4, 0.5) is 4.79 Å². The van der Waals surface area contributed by atoms with Gasteiger partial charge in [0, 0.05) is 18.8 Å². The van der Waals surface area contributed by atoms with Crippen molar-refractivity contribution in [2.75, 3.05) is 0 Å². The Morgan fingerprint density at radius 1 is 0.972 bits per heavy atom. The number of benzene rings is 1. The minimum Gasteiger partial charge on any atom is -0.480 e. The highest BCUT2D eigenvalue weighted by atomic mass is 16.7. The third-order valence-corrected chi connectivity index (χ3v) is 5.56. The topological polar surface area (TPSA) is 151 Å². The van der Waals surface area contributed by atoms with Crippen LogP contribution in [0.1, 0.15) is 91.5 Å². The van der Waals surface area contributed by atoms with Gasteiger partial charge in [-0.25, -0.2) is 4.79 Å². The maximum atomic E-state index is 12.2. The molecule has 0 heterocycles. The molecule has 0 bridgehead atoms. The summed E-state index contributed by atoms with van der Waals surface area (Å²) in [6.07, 6.45) is 0.466. The number of carbonyl (C=O) groups excluding carboxylic acids is 3. The molecular formula is C26H39NO9. The van der Waals surface area contributed by atoms with Crippen LogP contribution >= 0.6 is 0 Å². The average Bonchev–Trinajstić information content (AvgIpc) is 2.78. The largest absolute Gasteiger partial charge is 0.509 e. The number of carbonyl (C=O) groups is 4. The molecule has 0 aromatic heterocycles. The Labute approximate surface area is 212 Å². The van der Waals surface area contributed by atoms with Crippen LogP contribution in [-0.2, 0) is 23.9 Å². The summed E-state index contributed by atoms with van der Waals surface area (Å²) in [5.41, 5.74) is 5.69. The van der Waals surface area contributed by atoms with E-state index in [-0.39, 0.29) is 30.8 Å². The molecule has 202 valence electrons. The van der Waals surface area contributed by atoms with E-state index in [0.29, 0.717) is 24.8 Å². The predicted molar refractivity (Wildman–Crippen MR) is 132 cm³/mol. The van der Waals surface area contributed by atoms with Gasteiger partial charge < -0.3 is 29.8 Å². The Morgan fingerprint density at radius 2 is 1.53 bits per heavy atom. The summed E-state index contributed by atoms with van der Waals surface area (Å²) < 4.78 is 21.4. The van der Waals surface area contributed by atoms with Gasteiger partial charge in [0.25, 0.3) is 0 Å². The van der Waals surface area contributed by atoms with Gasteiger partial charge in [0.1, 0.15) is 17.7 Å². The van der Waals surface area contributed by atoms with Crippen LogP contribution in [0.3, 0.4) is 0 Å². The van der Waals surface area contributed by atoms with Crippen LogP contribution in [0.15, 0.2) is 18.2 Å². The molecule has 0 spiro atoms. The summed E-state index contributed by atoms with van der Waals surface area (Å²) in [5, 5.41) is 9.60. The molecule has 1 rings (SSSR count). The zero-order valence-corrected chi connectivity index (χ0v) is 22.0. The second kappa shape index (κ2) is 14.4. The van der Waals surface area contributed by atoms with Crippen LogP contribution in [0, 0.1) is 0 Å². The molecule has 0 aliphatic heterocycles. The van der Waals surface area contributed by atoms with E-state index >= 15 is 0 Å². The highest BCUT2D eigenvalue weighted by Gasteiger charge is 2.31. The highest BCUT2D eigenvalue weighted by molar-refractivity contribution is 5.77. The van der Waals surface area contributed by atoms with Crippen molar-refractivity contribution in [1.82, 2.24) is 0 Å². The van der Waals surface area contributed by atoms with Crippen molar-refractivity contribution < 1.29 is 43.2 Å². The Kier molecular flexibility index (Phi) is 12.4. The van der Waals surface area contributed by atoms with E-state index in [4.69, 9.17) is 24.7 Å². The number of ether oxygens (including phenoxy) is 4. The van der Waals surface area contributed by atoms with Crippen LogP contribution in [0.5, 0.6) is 11.5 Å². The van der Waals surface area contributed by atoms with Gasteiger partial charge in [-0.15, -0.1) is 0 Å². The number of esters is 2. The van der Waals surface area contributed by atoms with Gasteiger partial charge in [0.05, 0.1) is 0 Å². The normalized spacial score (nSPS) is 13.8. The van der Waals surface area contributed by atoms with Crippen molar-refractivity contribution in [1.29, 1.82) is 0 Å². The van der Waals surface area contributed by atoms with Gasteiger partial charge >= 0.3 is 24.1 Å². The molecule has 1 aromatic carbocycles. The number of hydrogen-bond acceptors (Lipinski definition) is 9. The number of carboxylic acids is 1. The molecule has 1 aromatic rings. The summed E-state index contributed by atoms with van der Waals surface area (Å²) in [7, 11) is 0. The molecular weight excluding hydrogens is 470 g/mol. The van der Waals surface area contributed by atoms with Crippen LogP contribution in [0.25, 0.3) is 0 Å². The summed E-state index contributed by atoms with van der Waals surface area (Å²) >= 11 is 0. The van der Waals surface area contributed by atoms with Crippen LogP contribution in [0.2, 0.25) is 0 Å². The molecule has 36 heavy (non-hydrogen) atoms. The Hall–Kier alpha value is -3.14. The fraction of sp³-hybridized carbons (Fsp3) is 0.615. The van der Waals surface area contributed by atoms with Crippen molar-refractivity contribution in [3.05, 3.63) is 23.8 Å². The molecule has 10 heteroatoms. The lowest BCUT2D eigenvalue weighted by atomic mass is 9.87. The van der Waals surface area contributed by atoms with E-state index in [9.17, 15) is 24.3 Å². The first-order valence-corrected chi connectivity index (χ1v) is 12.3. The molecule has 0 aliphatic carbocycles. The lowest BCUT2D eigenvalue weighted by molar-refractivity contribution is -0.139. The van der Waals surface area contributed by atoms with Gasteiger partial charge in [-0.3, -0.25) is 14.4 Å². The van der Waals surface area contributed by atoms with Crippen LogP contribution < -0.4 is 15.2 Å². The van der Waals surface area contributed by atoms with Crippen molar-refractivity contribution in [2.45, 2.75) is 104 Å². The minimum atomic E-state index is -1.35. The molecule has 3 atom stereocenters. The maximum Gasteiger partial charge on any atom is 0.509 e. The lowest BCUT2D eigenvalue weighted by Gasteiger charge is -2.27. The smallest absolute Gasteiger partial charge is 0.480 e. The zero-order chi connectivity index (χ0) is 27.5. The van der Waals surface area contributed by atoms with E-state index in [0.717, 1.165) is 0 Å². The lowest BCUT2D eigenvalue weighted by Crippen LogP contribution is -2.38. The molecule has 10 nitrogen and oxygen atoms in total. The molecule has 2 unspecified atom stereocenters. The van der Waals surface area contributed by atoms with Crippen molar-refractivity contribution in [2.24, 2.45) is 5.73 Å². The first-order chi connectivity index (χ1) is 16.8. The van der Waals surface area contributed by atoms with Gasteiger partial charge in [-0.1, -0.05) is 26.8 Å². The van der Waals surface area contributed by atoms with E-state index < -0.39 is 47.7 Å². The molecule has 0 aliphatic rings. The maximum absolute atomic E-state index is 12.2. The van der Waals surface area contributed by atoms with Gasteiger partial charge in [-0.2, -0.15) is 0 Å². The molecule has 0 fully saturated rings. The summed E-state index contributed by atoms with van der Waals surface area (Å²) in [6.45, 7) is 10.6. The molecule has 0 amide bonds. The third kappa shape index (κ3) is 10.2. The molecule has 0 saturated heterocycles. The number of rotatable bonds is 14. The fourth-order valence-corrected chi connectivity index (χ4v) is 3.23. The molecule has 0 radical (unpaired) electrons. The summed E-state index contributed by atoms with van der Waals surface area (Å²) in [6, 6.07) is 3.06. The standard InChI is InChI=1S/C26H39NO9/c1-7-10-21(28)34-19-13-12-17(15-20(19)35-22(29)11-8-2)18(23(27)24(30)31)14-16(4)33-25(32)36-26(5,6)9-3/h12-13,15-16,18,23H,7-11,14,27H2,1-6H3,(H,30,31)/t16?,18?,23-/m0/s1. The van der Waals surface area contributed by atoms with Crippen LogP contribution in [-0.4, -0.2) is 46.9 Å². The number of hydrogen-bond donors (Lipinski definition) is 2. The SMILES string of the molecule is CCCC(=O)Oc1ccc(C(CC(C)OC(=O)OC(C)(C)CC)[C@H](N)C(=O)O)cc1OC(=O)CCC. The predicted octanol–water partition coefficient (Wildman–Crippen LogP) is 4.71. The average molecular weight is 510 g/mol. The monoisotopic (exact) mass is 509 g/mol. The Morgan fingerprint density at radius 3 is 2.03 bits per heavy atom. The first kappa shape index (κ1) is 30.9. The van der Waals surface area contributed by atoms with E-state index in [1.807, 2.05) is 20.8 Å². The van der Waals surface area contributed by atoms with Crippen molar-refractivity contribution in [3.63, 3.8) is 0 Å². The highest BCUT2D eigenvalue weighted by Crippen LogP contribution is 2.35. The minimum absolute atomic E-state index is 0.0179. The first-order valence-electron chi connectivity index (χ1n) is 12.3. The molecule has 3 N–H and O–H groups in total. The third-order valence-electron chi connectivity index (χ3n) is 5.56. The Balaban J connectivity index is 3.26. The quantitative estimate of drug-likeness (QED) is 0.266. The fourth-order valence-electron chi connectivity index (χ4n) is 3.23. The van der Waals surface area contributed by atoms with Gasteiger partial charge in [0.15, 0.2) is 11.5 Å². The number of aliphatic carboxylic acids is 1. The van der Waals surface area contributed by atoms with Crippen molar-refractivity contribution >= 4 is 24.1 Å². The van der Waals surface area contributed by atoms with E-state index in [1.165, 1.54) is 12.1 Å². The summed E-state index contributed by atoms with van der Waals surface area (Å²) in [5.74, 6) is -3.08. The van der Waals surface area contributed by atoms with E-state index in [1.54, 1.807) is 26.8 Å². The molecule has 0 saturated carbocycles. The zero-order valence-electron chi connectivity index (χ0n) is 22.0. The number of nitrogens with two attached hydrogens (primary N) is 1. The Bertz CT molecular complexity index is 913. The second-order valence-corrected chi connectivity index (χ2v) is 9.25. The van der Waals surface area contributed by atoms with Gasteiger partial charge in [-0.05, 0) is 64.2 Å². The van der Waals surface area contributed by atoms with Gasteiger partial charge in [0.2, 0.25) is 0 Å². The number of carboxylic acid groups (broad SMARTS) is 1. The van der Waals surface area contributed by atoms with E-state index in [2.05, 4.69) is 0 Å². The van der Waals surface area contributed by atoms with Crippen molar-refractivity contribution in [3.8, 4) is 11.5 Å². The summed E-state index contributed by atoms with van der Waals surface area (Å²) in [4.78, 5) is 48.2. The second-order valence-electron chi connectivity index (χ2n) is 9.25.